The van der Waals surface area contributed by atoms with E-state index in [2.05, 4.69) is 41.9 Å². The van der Waals surface area contributed by atoms with Crippen LogP contribution in [0.1, 0.15) is 84.6 Å². The molecule has 0 saturated carbocycles. The van der Waals surface area contributed by atoms with Gasteiger partial charge in [0.25, 0.3) is 0 Å². The van der Waals surface area contributed by atoms with Crippen molar-refractivity contribution in [1.29, 1.82) is 0 Å². The molecular formula is C45H78N14O11. The molecular weight excluding hydrogens is 913 g/mol. The fourth-order valence-corrected chi connectivity index (χ4v) is 7.28. The number of guanidine groups is 2. The van der Waals surface area contributed by atoms with Crippen LogP contribution in [0, 0.1) is 11.8 Å². The summed E-state index contributed by atoms with van der Waals surface area (Å²) in [4.78, 5) is 103. The molecule has 1 aliphatic rings. The maximum absolute atomic E-state index is 14.3. The summed E-state index contributed by atoms with van der Waals surface area (Å²) in [5.74, 6) is -5.37. The smallest absolute Gasteiger partial charge is 0.326 e. The van der Waals surface area contributed by atoms with Gasteiger partial charge in [0, 0.05) is 39.1 Å². The number of rotatable bonds is 32. The number of nitrogens with zero attached hydrogens (tertiary/aromatic N) is 3. The molecule has 70 heavy (non-hydrogen) atoms. The van der Waals surface area contributed by atoms with Gasteiger partial charge in [-0.25, -0.2) is 9.59 Å². The number of likely N-dealkylation sites (tertiary alicyclic amines) is 1. The van der Waals surface area contributed by atoms with Crippen LogP contribution in [0.3, 0.4) is 0 Å². The van der Waals surface area contributed by atoms with Gasteiger partial charge in [0.2, 0.25) is 29.5 Å². The number of carbonyl (C=O) groups is 7. The highest BCUT2D eigenvalue weighted by molar-refractivity contribution is 5.97. The van der Waals surface area contributed by atoms with Crippen LogP contribution in [0.4, 0.5) is 4.79 Å². The van der Waals surface area contributed by atoms with Gasteiger partial charge in [-0.3, -0.25) is 39.3 Å². The molecule has 0 spiro atoms. The van der Waals surface area contributed by atoms with Gasteiger partial charge in [0.15, 0.2) is 11.9 Å². The predicted molar refractivity (Wildman–Crippen MR) is 262 cm³/mol. The number of urea groups is 1. The zero-order chi connectivity index (χ0) is 52.2. The van der Waals surface area contributed by atoms with E-state index in [-0.39, 0.29) is 94.9 Å². The molecule has 1 aliphatic heterocycles. The Labute approximate surface area is 409 Å². The average molecular weight is 991 g/mol. The first-order valence-corrected chi connectivity index (χ1v) is 23.8. The molecule has 1 fully saturated rings. The summed E-state index contributed by atoms with van der Waals surface area (Å²) in [6.45, 7) is 9.63. The molecule has 2 rings (SSSR count). The lowest BCUT2D eigenvalue weighted by atomic mass is 9.96. The van der Waals surface area contributed by atoms with Gasteiger partial charge in [0.1, 0.15) is 36.0 Å². The first-order valence-electron chi connectivity index (χ1n) is 23.8. The molecule has 18 N–H and O–H groups in total. The number of carboxylic acid groups (broad SMARTS) is 1. The topological polar surface area (TPSA) is 409 Å². The van der Waals surface area contributed by atoms with E-state index in [4.69, 9.17) is 38.1 Å². The molecule has 1 aromatic carbocycles. The zero-order valence-corrected chi connectivity index (χ0v) is 41.0. The number of aliphatic imine (C=N–C) groups is 2. The number of carbonyl (C=O) groups excluding carboxylic acids is 6. The van der Waals surface area contributed by atoms with Crippen molar-refractivity contribution in [3.63, 3.8) is 0 Å². The molecule has 1 saturated heterocycles. The Morgan fingerprint density at radius 2 is 1.46 bits per heavy atom. The number of amides is 7. The van der Waals surface area contributed by atoms with Gasteiger partial charge < -0.3 is 79.8 Å². The number of aromatic hydroxyl groups is 1. The maximum Gasteiger partial charge on any atom is 0.326 e. The Hall–Kier alpha value is -6.31. The molecule has 7 atom stereocenters. The summed E-state index contributed by atoms with van der Waals surface area (Å²) >= 11 is 0. The summed E-state index contributed by atoms with van der Waals surface area (Å²) in [5.41, 5.74) is 29.0. The van der Waals surface area contributed by atoms with Crippen molar-refractivity contribution in [1.82, 2.24) is 36.8 Å². The van der Waals surface area contributed by atoms with Gasteiger partial charge in [0.05, 0.1) is 32.5 Å². The fraction of sp³-hybridized carbons (Fsp3) is 0.667. The van der Waals surface area contributed by atoms with E-state index in [0.717, 1.165) is 0 Å². The average Bonchev–Trinajstić information content (AvgIpc) is 3.81. The number of phenols is 1. The molecule has 25 nitrogen and oxygen atoms in total. The number of hydrogen-bond donors (Lipinski definition) is 13. The van der Waals surface area contributed by atoms with E-state index in [1.54, 1.807) is 19.1 Å². The second-order valence-electron chi connectivity index (χ2n) is 17.4. The number of benzene rings is 1. The highest BCUT2D eigenvalue weighted by Gasteiger charge is 2.40. The molecule has 1 heterocycles. The Kier molecular flexibility index (Phi) is 27.8. The lowest BCUT2D eigenvalue weighted by molar-refractivity contribution is -0.143. The molecule has 0 bridgehead atoms. The third-order valence-electron chi connectivity index (χ3n) is 11.2. The standard InChI is InChI=1S/C45H78N14O11/c1-5-28(4)36(40(64)56-34(42(66)67)25-27(2)3)57-38(62)33(26-29-12-14-30(60)15-13-29)55-39(63)35-11-8-20-59(35)41(65)32(10-7-17-51-43(48)49)54-37(61)31(47)9-6-18-52-44(50)58-45(68)53-19-22-70-24-23-69-21-16-46/h12-15,27-28,31-36,60H,5-11,16-26,46-47H2,1-4H3,(H,54,61)(H,55,63)(H,56,64)(H,57,62)(H,66,67)(H4,48,49,51)(H4,50,52,53,58,68)/t28-,31-,32-,33-,34-,35-,36-/m0/s1. The van der Waals surface area contributed by atoms with Gasteiger partial charge in [-0.05, 0) is 74.5 Å². The minimum Gasteiger partial charge on any atom is -0.508 e. The number of aliphatic carboxylic acids is 1. The number of nitrogens with two attached hydrogens (primary N) is 5. The van der Waals surface area contributed by atoms with Crippen molar-refractivity contribution in [3.8, 4) is 5.75 Å². The second kappa shape index (κ2) is 32.5. The van der Waals surface area contributed by atoms with Crippen molar-refractivity contribution in [2.75, 3.05) is 59.2 Å². The van der Waals surface area contributed by atoms with Gasteiger partial charge in [-0.15, -0.1) is 0 Å². The lowest BCUT2D eigenvalue weighted by Gasteiger charge is -2.31. The van der Waals surface area contributed by atoms with Crippen LogP contribution in [-0.2, 0) is 44.7 Å². The van der Waals surface area contributed by atoms with E-state index >= 15 is 0 Å². The Balaban J connectivity index is 2.19. The fourth-order valence-electron chi connectivity index (χ4n) is 7.28. The van der Waals surface area contributed by atoms with Crippen LogP contribution in [0.15, 0.2) is 34.3 Å². The largest absolute Gasteiger partial charge is 0.508 e. The van der Waals surface area contributed by atoms with Crippen LogP contribution in [0.5, 0.6) is 5.75 Å². The molecule has 0 unspecified atom stereocenters. The SMILES string of the molecule is CC[C@H](C)[C@H](NC(=O)[C@H](Cc1ccc(O)cc1)NC(=O)[C@@H]1CCCN1C(=O)[C@H](CCCN=C(N)N)NC(=O)[C@@H](N)CCCN=C(N)NC(=O)NCCOCCOCCN)C(=O)N[C@@H](CC(C)C)C(=O)O. The van der Waals surface area contributed by atoms with Crippen LogP contribution in [0.2, 0.25) is 0 Å². The second-order valence-corrected chi connectivity index (χ2v) is 17.4. The van der Waals surface area contributed by atoms with Crippen molar-refractivity contribution in [3.05, 3.63) is 29.8 Å². The summed E-state index contributed by atoms with van der Waals surface area (Å²) in [5, 5.41) is 35.5. The van der Waals surface area contributed by atoms with Crippen LogP contribution in [-0.4, -0.2) is 164 Å². The summed E-state index contributed by atoms with van der Waals surface area (Å²) < 4.78 is 10.5. The van der Waals surface area contributed by atoms with E-state index < -0.39 is 83.7 Å². The highest BCUT2D eigenvalue weighted by Crippen LogP contribution is 2.21. The number of ether oxygens (including phenoxy) is 2. The van der Waals surface area contributed by atoms with Gasteiger partial charge in [-0.1, -0.05) is 46.2 Å². The zero-order valence-electron chi connectivity index (χ0n) is 41.0. The number of carboxylic acids is 1. The van der Waals surface area contributed by atoms with Crippen LogP contribution in [0.25, 0.3) is 0 Å². The van der Waals surface area contributed by atoms with E-state index in [9.17, 15) is 43.8 Å². The van der Waals surface area contributed by atoms with Gasteiger partial charge >= 0.3 is 12.0 Å². The van der Waals surface area contributed by atoms with Crippen molar-refractivity contribution < 1.29 is 53.2 Å². The van der Waals surface area contributed by atoms with Gasteiger partial charge in [-0.2, -0.15) is 0 Å². The van der Waals surface area contributed by atoms with E-state index in [1.165, 1.54) is 17.0 Å². The molecule has 7 amide bonds. The molecule has 1 aromatic rings. The molecule has 25 heteroatoms. The predicted octanol–water partition coefficient (Wildman–Crippen LogP) is -2.19. The number of nitrogens with one attached hydrogen (secondary N) is 6. The van der Waals surface area contributed by atoms with Crippen molar-refractivity contribution >= 4 is 53.5 Å². The Bertz CT molecular complexity index is 1880. The maximum atomic E-state index is 14.3. The first-order chi connectivity index (χ1) is 33.3. The normalized spacial score (nSPS) is 16.2. The molecule has 394 valence electrons. The lowest BCUT2D eigenvalue weighted by Crippen LogP contribution is -2.60. The van der Waals surface area contributed by atoms with Crippen LogP contribution < -0.4 is 60.6 Å². The summed E-state index contributed by atoms with van der Waals surface area (Å²) in [7, 11) is 0. The van der Waals surface area contributed by atoms with Crippen LogP contribution >= 0.6 is 0 Å². The minimum absolute atomic E-state index is 0.0246. The third kappa shape index (κ3) is 22.9. The molecule has 0 aliphatic carbocycles. The quantitative estimate of drug-likeness (QED) is 0.0207. The van der Waals surface area contributed by atoms with E-state index in [0.29, 0.717) is 51.2 Å². The third-order valence-corrected chi connectivity index (χ3v) is 11.2. The molecule has 0 aromatic heterocycles. The Morgan fingerprint density at radius 3 is 2.09 bits per heavy atom. The Morgan fingerprint density at radius 1 is 0.814 bits per heavy atom. The first kappa shape index (κ1) is 59.8. The highest BCUT2D eigenvalue weighted by atomic mass is 16.5. The molecule has 0 radical (unpaired) electrons. The summed E-state index contributed by atoms with van der Waals surface area (Å²) in [6, 6.07) is -1.55. The number of hydrogen-bond acceptors (Lipinski definition) is 14. The summed E-state index contributed by atoms with van der Waals surface area (Å²) in [6.07, 6.45) is 1.94. The minimum atomic E-state index is -1.29. The number of phenolic OH excluding ortho intramolecular Hbond substituents is 1. The van der Waals surface area contributed by atoms with E-state index in [1.807, 2.05) is 20.8 Å². The van der Waals surface area contributed by atoms with Crippen molar-refractivity contribution in [2.24, 2.45) is 50.5 Å². The van der Waals surface area contributed by atoms with Crippen molar-refractivity contribution in [2.45, 2.75) is 122 Å². The monoisotopic (exact) mass is 991 g/mol.